The summed E-state index contributed by atoms with van der Waals surface area (Å²) in [5, 5.41) is 14.8. The highest BCUT2D eigenvalue weighted by molar-refractivity contribution is 7.89. The number of benzene rings is 1. The minimum atomic E-state index is -4.20. The van der Waals surface area contributed by atoms with Crippen LogP contribution in [0.2, 0.25) is 0 Å². The van der Waals surface area contributed by atoms with E-state index in [-0.39, 0.29) is 5.09 Å². The molecule has 0 saturated carbocycles. The molecule has 2 aromatic rings. The first-order chi connectivity index (χ1) is 14.5. The van der Waals surface area contributed by atoms with Crippen molar-refractivity contribution in [3.8, 4) is 0 Å². The number of hydrogen-bond donors (Lipinski definition) is 3. The first-order valence-electron chi connectivity index (χ1n) is 10.3. The average Bonchev–Trinajstić information content (AvgIpc) is 3.45. The van der Waals surface area contributed by atoms with Crippen LogP contribution in [-0.2, 0) is 42.1 Å². The van der Waals surface area contributed by atoms with Crippen LogP contribution in [0.1, 0.15) is 59.3 Å². The van der Waals surface area contributed by atoms with E-state index < -0.39 is 16.1 Å². The van der Waals surface area contributed by atoms with E-state index in [1.807, 2.05) is 0 Å². The molecule has 0 bridgehead atoms. The molecule has 158 valence electrons. The Morgan fingerprint density at radius 1 is 0.967 bits per heavy atom. The molecule has 0 spiro atoms. The van der Waals surface area contributed by atoms with Gasteiger partial charge in [-0.1, -0.05) is 11.2 Å². The van der Waals surface area contributed by atoms with Crippen molar-refractivity contribution in [2.75, 3.05) is 5.32 Å². The Morgan fingerprint density at radius 3 is 2.30 bits per heavy atom. The normalized spacial score (nSPS) is 18.7. The number of oxime groups is 1. The molecular formula is C21H23N3O5S. The standard InChI is InChI=1S/C21H23N3O5S/c25-21(22-20-14-6-1-4-12(14)10-13-5-2-7-15(13)20)24-30(27,28)19-11-16-17(23-26)8-3-9-18(16)29-19/h10-11,26H,1-9H2,(H2,22,24,25). The maximum atomic E-state index is 12.7. The number of carbonyl (C=O) groups is 1. The summed E-state index contributed by atoms with van der Waals surface area (Å²) in [5.41, 5.74) is 6.40. The number of fused-ring (bicyclic) bond motifs is 3. The molecular weight excluding hydrogens is 406 g/mol. The highest BCUT2D eigenvalue weighted by Gasteiger charge is 2.30. The number of aryl methyl sites for hydroxylation is 3. The van der Waals surface area contributed by atoms with Crippen molar-refractivity contribution in [3.63, 3.8) is 0 Å². The lowest BCUT2D eigenvalue weighted by atomic mass is 9.97. The van der Waals surface area contributed by atoms with Crippen molar-refractivity contribution in [1.29, 1.82) is 0 Å². The van der Waals surface area contributed by atoms with Crippen molar-refractivity contribution in [3.05, 3.63) is 45.7 Å². The number of amides is 2. The predicted octanol–water partition coefficient (Wildman–Crippen LogP) is 3.28. The molecule has 30 heavy (non-hydrogen) atoms. The second kappa shape index (κ2) is 7.16. The van der Waals surface area contributed by atoms with Crippen LogP contribution in [0.25, 0.3) is 0 Å². The van der Waals surface area contributed by atoms with Crippen LogP contribution in [0.5, 0.6) is 0 Å². The molecule has 1 aromatic heterocycles. The summed E-state index contributed by atoms with van der Waals surface area (Å²) in [5.74, 6) is 0.452. The van der Waals surface area contributed by atoms with Crippen LogP contribution in [0.15, 0.2) is 26.8 Å². The van der Waals surface area contributed by atoms with E-state index in [0.717, 1.165) is 55.3 Å². The lowest BCUT2D eigenvalue weighted by Gasteiger charge is -2.16. The van der Waals surface area contributed by atoms with E-state index in [4.69, 9.17) is 9.62 Å². The first kappa shape index (κ1) is 19.2. The lowest BCUT2D eigenvalue weighted by Crippen LogP contribution is -2.34. The highest BCUT2D eigenvalue weighted by Crippen LogP contribution is 2.38. The number of carbonyl (C=O) groups excluding carboxylic acids is 1. The van der Waals surface area contributed by atoms with Gasteiger partial charge in [-0.05, 0) is 73.6 Å². The van der Waals surface area contributed by atoms with E-state index in [9.17, 15) is 13.2 Å². The van der Waals surface area contributed by atoms with Gasteiger partial charge >= 0.3 is 6.03 Å². The maximum absolute atomic E-state index is 12.7. The largest absolute Gasteiger partial charge is 0.447 e. The molecule has 3 aliphatic rings. The van der Waals surface area contributed by atoms with Gasteiger partial charge in [0.2, 0.25) is 5.09 Å². The van der Waals surface area contributed by atoms with E-state index in [0.29, 0.717) is 36.3 Å². The topological polar surface area (TPSA) is 121 Å². The Morgan fingerprint density at radius 2 is 1.63 bits per heavy atom. The van der Waals surface area contributed by atoms with Gasteiger partial charge in [0.25, 0.3) is 10.0 Å². The molecule has 9 heteroatoms. The van der Waals surface area contributed by atoms with Gasteiger partial charge in [-0.2, -0.15) is 8.42 Å². The number of nitrogens with zero attached hydrogens (tertiary/aromatic N) is 1. The number of rotatable bonds is 3. The monoisotopic (exact) mass is 429 g/mol. The smallest absolute Gasteiger partial charge is 0.333 e. The molecule has 8 nitrogen and oxygen atoms in total. The van der Waals surface area contributed by atoms with Crippen LogP contribution < -0.4 is 10.0 Å². The summed E-state index contributed by atoms with van der Waals surface area (Å²) in [6, 6.07) is 2.77. The molecule has 0 atom stereocenters. The van der Waals surface area contributed by atoms with Gasteiger partial charge in [0.05, 0.1) is 5.71 Å². The van der Waals surface area contributed by atoms with Gasteiger partial charge in [-0.15, -0.1) is 0 Å². The van der Waals surface area contributed by atoms with E-state index >= 15 is 0 Å². The van der Waals surface area contributed by atoms with E-state index in [1.54, 1.807) is 0 Å². The number of hydrogen-bond acceptors (Lipinski definition) is 6. The summed E-state index contributed by atoms with van der Waals surface area (Å²) in [6.45, 7) is 0. The Hall–Kier alpha value is -2.81. The zero-order chi connectivity index (χ0) is 20.9. The Labute approximate surface area is 174 Å². The van der Waals surface area contributed by atoms with Crippen LogP contribution in [0.3, 0.4) is 0 Å². The number of nitrogens with one attached hydrogen (secondary N) is 2. The van der Waals surface area contributed by atoms with Gasteiger partial charge < -0.3 is 14.9 Å². The van der Waals surface area contributed by atoms with Gasteiger partial charge in [0, 0.05) is 23.7 Å². The van der Waals surface area contributed by atoms with Crippen molar-refractivity contribution in [1.82, 2.24) is 4.72 Å². The second-order valence-corrected chi connectivity index (χ2v) is 9.71. The van der Waals surface area contributed by atoms with Crippen LogP contribution >= 0.6 is 0 Å². The third-order valence-corrected chi connectivity index (χ3v) is 7.42. The Kier molecular flexibility index (Phi) is 4.57. The summed E-state index contributed by atoms with van der Waals surface area (Å²) in [6.07, 6.45) is 7.64. The molecule has 0 unspecified atom stereocenters. The van der Waals surface area contributed by atoms with Gasteiger partial charge in [0.1, 0.15) is 5.76 Å². The van der Waals surface area contributed by atoms with E-state index in [1.165, 1.54) is 17.2 Å². The van der Waals surface area contributed by atoms with Crippen molar-refractivity contribution < 1.29 is 22.8 Å². The molecule has 5 rings (SSSR count). The quantitative estimate of drug-likeness (QED) is 0.511. The van der Waals surface area contributed by atoms with Crippen LogP contribution in [0, 0.1) is 0 Å². The second-order valence-electron chi connectivity index (χ2n) is 8.10. The molecule has 0 aliphatic heterocycles. The number of sulfonamides is 1. The molecule has 3 N–H and O–H groups in total. The molecule has 2 amide bonds. The van der Waals surface area contributed by atoms with Crippen LogP contribution in [0.4, 0.5) is 10.5 Å². The predicted molar refractivity (Wildman–Crippen MR) is 110 cm³/mol. The average molecular weight is 429 g/mol. The molecule has 1 heterocycles. The molecule has 0 saturated heterocycles. The number of urea groups is 1. The zero-order valence-electron chi connectivity index (χ0n) is 16.5. The zero-order valence-corrected chi connectivity index (χ0v) is 17.3. The van der Waals surface area contributed by atoms with Gasteiger partial charge in [-0.25, -0.2) is 9.52 Å². The molecule has 0 radical (unpaired) electrons. The Balaban J connectivity index is 1.40. The fourth-order valence-electron chi connectivity index (χ4n) is 4.90. The molecule has 3 aliphatic carbocycles. The lowest BCUT2D eigenvalue weighted by molar-refractivity contribution is 0.256. The third kappa shape index (κ3) is 3.17. The van der Waals surface area contributed by atoms with Crippen molar-refractivity contribution in [2.45, 2.75) is 62.9 Å². The fourth-order valence-corrected chi connectivity index (χ4v) is 5.78. The van der Waals surface area contributed by atoms with E-state index in [2.05, 4.69) is 21.3 Å². The summed E-state index contributed by atoms with van der Waals surface area (Å²) in [4.78, 5) is 12.7. The summed E-state index contributed by atoms with van der Waals surface area (Å²) < 4.78 is 33.0. The van der Waals surface area contributed by atoms with Gasteiger partial charge in [0.15, 0.2) is 0 Å². The summed E-state index contributed by atoms with van der Waals surface area (Å²) >= 11 is 0. The SMILES string of the molecule is O=C(Nc1c2c(cc3c1CCC3)CCC2)NS(=O)(=O)c1cc2c(o1)CCCC2=NO. The number of furan rings is 1. The van der Waals surface area contributed by atoms with Crippen LogP contribution in [-0.4, -0.2) is 25.4 Å². The highest BCUT2D eigenvalue weighted by atomic mass is 32.2. The molecule has 0 fully saturated rings. The third-order valence-electron chi connectivity index (χ3n) is 6.24. The maximum Gasteiger partial charge on any atom is 0.333 e. The van der Waals surface area contributed by atoms with Gasteiger partial charge in [-0.3, -0.25) is 0 Å². The summed E-state index contributed by atoms with van der Waals surface area (Å²) in [7, 11) is -4.20. The van der Waals surface area contributed by atoms with Crippen molar-refractivity contribution in [2.24, 2.45) is 5.16 Å². The van der Waals surface area contributed by atoms with Crippen molar-refractivity contribution >= 4 is 27.5 Å². The Bertz CT molecular complexity index is 1150. The minimum Gasteiger partial charge on any atom is -0.447 e. The minimum absolute atomic E-state index is 0.353. The molecule has 1 aromatic carbocycles. The number of anilines is 1. The fraction of sp³-hybridized carbons (Fsp3) is 0.429. The first-order valence-corrected chi connectivity index (χ1v) is 11.8.